The van der Waals surface area contributed by atoms with Crippen molar-refractivity contribution >= 4 is 18.4 Å². The molecule has 84 valence electrons. The van der Waals surface area contributed by atoms with Crippen LogP contribution in [0.5, 0.6) is 0 Å². The van der Waals surface area contributed by atoms with E-state index in [4.69, 9.17) is 0 Å². The molecular weight excluding hydrogens is 196 g/mol. The Labute approximate surface area is 97.5 Å². The van der Waals surface area contributed by atoms with Crippen LogP contribution < -0.4 is 0 Å². The summed E-state index contributed by atoms with van der Waals surface area (Å²) in [5, 5.41) is 0. The molecule has 0 amide bonds. The third kappa shape index (κ3) is 4.26. The van der Waals surface area contributed by atoms with Crippen molar-refractivity contribution < 1.29 is 4.79 Å². The van der Waals surface area contributed by atoms with E-state index in [0.29, 0.717) is 0 Å². The number of unbranched alkanes of at least 4 members (excludes halogenated alkanes) is 2. The Morgan fingerprint density at radius 1 is 1.12 bits per heavy atom. The summed E-state index contributed by atoms with van der Waals surface area (Å²) in [5.41, 5.74) is 2.25. The van der Waals surface area contributed by atoms with Crippen LogP contribution in [0.25, 0.3) is 12.2 Å². The van der Waals surface area contributed by atoms with Crippen LogP contribution in [-0.4, -0.2) is 6.29 Å². The molecule has 0 spiro atoms. The van der Waals surface area contributed by atoms with Gasteiger partial charge in [0.15, 0.2) is 0 Å². The van der Waals surface area contributed by atoms with Crippen LogP contribution in [0.2, 0.25) is 0 Å². The molecule has 1 heteroatoms. The zero-order chi connectivity index (χ0) is 11.6. The second-order valence-corrected chi connectivity index (χ2v) is 3.67. The Kier molecular flexibility index (Phi) is 5.94. The highest BCUT2D eigenvalue weighted by Gasteiger charge is 1.93. The minimum absolute atomic E-state index is 0.803. The predicted octanol–water partition coefficient (Wildman–Crippen LogP) is 4.10. The second kappa shape index (κ2) is 7.63. The summed E-state index contributed by atoms with van der Waals surface area (Å²) in [5.74, 6) is 0. The summed E-state index contributed by atoms with van der Waals surface area (Å²) in [6.07, 6.45) is 12.0. The monoisotopic (exact) mass is 214 g/mol. The van der Waals surface area contributed by atoms with E-state index in [2.05, 4.69) is 25.1 Å². The van der Waals surface area contributed by atoms with Gasteiger partial charge in [-0.15, -0.1) is 0 Å². The van der Waals surface area contributed by atoms with Gasteiger partial charge in [-0.1, -0.05) is 62.3 Å². The molecule has 0 saturated heterocycles. The lowest BCUT2D eigenvalue weighted by atomic mass is 10.1. The van der Waals surface area contributed by atoms with Crippen LogP contribution in [-0.2, 0) is 4.79 Å². The number of hydrogen-bond acceptors (Lipinski definition) is 1. The highest BCUT2D eigenvalue weighted by atomic mass is 16.1. The van der Waals surface area contributed by atoms with Crippen LogP contribution in [0.15, 0.2) is 36.4 Å². The summed E-state index contributed by atoms with van der Waals surface area (Å²) in [4.78, 5) is 10.3. The first kappa shape index (κ1) is 12.4. The maximum absolute atomic E-state index is 10.3. The first-order chi connectivity index (χ1) is 7.88. The average Bonchev–Trinajstić information content (AvgIpc) is 2.33. The van der Waals surface area contributed by atoms with E-state index >= 15 is 0 Å². The van der Waals surface area contributed by atoms with E-state index in [-0.39, 0.29) is 0 Å². The minimum atomic E-state index is 0.803. The van der Waals surface area contributed by atoms with Gasteiger partial charge in [0, 0.05) is 0 Å². The van der Waals surface area contributed by atoms with Gasteiger partial charge in [0.05, 0.1) is 0 Å². The lowest BCUT2D eigenvalue weighted by Crippen LogP contribution is -1.79. The van der Waals surface area contributed by atoms with E-state index in [9.17, 15) is 4.79 Å². The van der Waals surface area contributed by atoms with Gasteiger partial charge in [0.2, 0.25) is 0 Å². The minimum Gasteiger partial charge on any atom is -0.299 e. The highest BCUT2D eigenvalue weighted by molar-refractivity contribution is 5.76. The third-order valence-corrected chi connectivity index (χ3v) is 2.37. The van der Waals surface area contributed by atoms with Crippen molar-refractivity contribution in [1.82, 2.24) is 0 Å². The molecular formula is C15H18O. The van der Waals surface area contributed by atoms with Crippen molar-refractivity contribution in [1.29, 1.82) is 0 Å². The number of benzene rings is 1. The van der Waals surface area contributed by atoms with Gasteiger partial charge in [0.1, 0.15) is 6.29 Å². The molecule has 0 bridgehead atoms. The molecule has 1 aromatic carbocycles. The van der Waals surface area contributed by atoms with Gasteiger partial charge < -0.3 is 0 Å². The lowest BCUT2D eigenvalue weighted by molar-refractivity contribution is -0.104. The smallest absolute Gasteiger partial charge is 0.142 e. The maximum atomic E-state index is 10.3. The number of carbonyl (C=O) groups excluding carboxylic acids is 1. The number of rotatable bonds is 6. The lowest BCUT2D eigenvalue weighted by Gasteiger charge is -1.99. The molecule has 0 saturated carbocycles. The van der Waals surface area contributed by atoms with Crippen molar-refractivity contribution in [2.75, 3.05) is 0 Å². The van der Waals surface area contributed by atoms with E-state index < -0.39 is 0 Å². The molecule has 16 heavy (non-hydrogen) atoms. The molecule has 0 radical (unpaired) electrons. The molecule has 0 aliphatic heterocycles. The second-order valence-electron chi connectivity index (χ2n) is 3.67. The molecule has 0 fully saturated rings. The van der Waals surface area contributed by atoms with Crippen molar-refractivity contribution in [2.24, 2.45) is 0 Å². The fraction of sp³-hybridized carbons (Fsp3) is 0.267. The largest absolute Gasteiger partial charge is 0.299 e. The summed E-state index contributed by atoms with van der Waals surface area (Å²) in [7, 11) is 0. The normalized spacial score (nSPS) is 11.3. The predicted molar refractivity (Wildman–Crippen MR) is 70.1 cm³/mol. The van der Waals surface area contributed by atoms with Gasteiger partial charge >= 0.3 is 0 Å². The summed E-state index contributed by atoms with van der Waals surface area (Å²) < 4.78 is 0. The summed E-state index contributed by atoms with van der Waals surface area (Å²) in [6.45, 7) is 2.19. The van der Waals surface area contributed by atoms with E-state index in [1.165, 1.54) is 18.9 Å². The molecule has 0 heterocycles. The molecule has 0 atom stereocenters. The average molecular weight is 214 g/mol. The Bertz CT molecular complexity index is 375. The SMILES string of the molecule is CCCC/C=C/c1ccccc1/C=C/C=O. The van der Waals surface area contributed by atoms with Crippen LogP contribution in [0.3, 0.4) is 0 Å². The quantitative estimate of drug-likeness (QED) is 0.396. The topological polar surface area (TPSA) is 17.1 Å². The number of aldehydes is 1. The van der Waals surface area contributed by atoms with Crippen LogP contribution in [0, 0.1) is 0 Å². The van der Waals surface area contributed by atoms with Crippen molar-refractivity contribution in [3.63, 3.8) is 0 Å². The Balaban J connectivity index is 2.74. The van der Waals surface area contributed by atoms with Gasteiger partial charge in [-0.05, 0) is 23.6 Å². The standard InChI is InChI=1S/C15H18O/c1-2-3-4-5-9-14-10-6-7-11-15(14)12-8-13-16/h5-13H,2-4H2,1H3/b9-5+,12-8+. The molecule has 0 N–H and O–H groups in total. The van der Waals surface area contributed by atoms with Crippen molar-refractivity contribution in [2.45, 2.75) is 26.2 Å². The van der Waals surface area contributed by atoms with Crippen LogP contribution >= 0.6 is 0 Å². The Morgan fingerprint density at radius 3 is 2.44 bits per heavy atom. The first-order valence-electron chi connectivity index (χ1n) is 5.76. The Hall–Kier alpha value is -1.63. The number of hydrogen-bond donors (Lipinski definition) is 0. The van der Waals surface area contributed by atoms with Gasteiger partial charge in [-0.2, -0.15) is 0 Å². The maximum Gasteiger partial charge on any atom is 0.142 e. The zero-order valence-electron chi connectivity index (χ0n) is 9.73. The summed E-state index contributed by atoms with van der Waals surface area (Å²) in [6, 6.07) is 8.07. The van der Waals surface area contributed by atoms with Crippen molar-refractivity contribution in [3.8, 4) is 0 Å². The van der Waals surface area contributed by atoms with Crippen molar-refractivity contribution in [3.05, 3.63) is 47.5 Å². The fourth-order valence-electron chi connectivity index (χ4n) is 1.49. The molecule has 1 aromatic rings. The van der Waals surface area contributed by atoms with Gasteiger partial charge in [-0.3, -0.25) is 4.79 Å². The van der Waals surface area contributed by atoms with E-state index in [0.717, 1.165) is 23.8 Å². The molecule has 0 aliphatic rings. The van der Waals surface area contributed by atoms with Gasteiger partial charge in [0.25, 0.3) is 0 Å². The van der Waals surface area contributed by atoms with Crippen LogP contribution in [0.4, 0.5) is 0 Å². The Morgan fingerprint density at radius 2 is 1.81 bits per heavy atom. The van der Waals surface area contributed by atoms with Crippen LogP contribution in [0.1, 0.15) is 37.3 Å². The van der Waals surface area contributed by atoms with E-state index in [1.807, 2.05) is 24.3 Å². The molecule has 0 unspecified atom stereocenters. The third-order valence-electron chi connectivity index (χ3n) is 2.37. The first-order valence-corrected chi connectivity index (χ1v) is 5.76. The molecule has 0 aliphatic carbocycles. The zero-order valence-corrected chi connectivity index (χ0v) is 9.73. The highest BCUT2D eigenvalue weighted by Crippen LogP contribution is 2.13. The molecule has 1 nitrogen and oxygen atoms in total. The summed E-state index contributed by atoms with van der Waals surface area (Å²) >= 11 is 0. The van der Waals surface area contributed by atoms with Gasteiger partial charge in [-0.25, -0.2) is 0 Å². The molecule has 1 rings (SSSR count). The number of carbonyl (C=O) groups is 1. The number of allylic oxidation sites excluding steroid dienone is 2. The molecule has 0 aromatic heterocycles. The van der Waals surface area contributed by atoms with E-state index in [1.54, 1.807) is 0 Å². The fourth-order valence-corrected chi connectivity index (χ4v) is 1.49.